The van der Waals surface area contributed by atoms with Crippen LogP contribution in [-0.2, 0) is 6.61 Å². The summed E-state index contributed by atoms with van der Waals surface area (Å²) in [6.07, 6.45) is 0. The lowest BCUT2D eigenvalue weighted by Crippen LogP contribution is -1.97. The van der Waals surface area contributed by atoms with Crippen LogP contribution in [-0.4, -0.2) is 0 Å². The van der Waals surface area contributed by atoms with Crippen LogP contribution in [0.2, 0.25) is 0 Å². The Bertz CT molecular complexity index is 708. The minimum atomic E-state index is 0.559. The molecule has 0 heterocycles. The largest absolute Gasteiger partial charge is 0.487 e. The molecule has 1 nitrogen and oxygen atoms in total. The molecule has 0 aliphatic carbocycles. The maximum Gasteiger partial charge on any atom is 0.141 e. The summed E-state index contributed by atoms with van der Waals surface area (Å²) in [5.74, 6) is 0.882. The summed E-state index contributed by atoms with van der Waals surface area (Å²) in [7, 11) is 0. The average Bonchev–Trinajstić information content (AvgIpc) is 2.55. The molecule has 0 amide bonds. The zero-order valence-electron chi connectivity index (χ0n) is 11.5. The lowest BCUT2D eigenvalue weighted by molar-refractivity contribution is 0.305. The second-order valence-electron chi connectivity index (χ2n) is 4.76. The van der Waals surface area contributed by atoms with Crippen molar-refractivity contribution < 1.29 is 4.74 Å². The van der Waals surface area contributed by atoms with E-state index in [2.05, 4.69) is 46.3 Å². The molecule has 21 heavy (non-hydrogen) atoms. The maximum absolute atomic E-state index is 6.06. The molecule has 3 aromatic rings. The molecule has 0 saturated carbocycles. The minimum Gasteiger partial charge on any atom is -0.487 e. The summed E-state index contributed by atoms with van der Waals surface area (Å²) in [6.45, 7) is 0.559. The summed E-state index contributed by atoms with van der Waals surface area (Å²) in [5.41, 5.74) is 3.41. The Morgan fingerprint density at radius 2 is 1.38 bits per heavy atom. The summed E-state index contributed by atoms with van der Waals surface area (Å²) in [4.78, 5) is 0. The van der Waals surface area contributed by atoms with Crippen molar-refractivity contribution in [3.8, 4) is 16.9 Å². The summed E-state index contributed by atoms with van der Waals surface area (Å²) >= 11 is 3.59. The quantitative estimate of drug-likeness (QED) is 0.593. The summed E-state index contributed by atoms with van der Waals surface area (Å²) in [6, 6.07) is 26.6. The van der Waals surface area contributed by atoms with Crippen molar-refractivity contribution in [2.24, 2.45) is 0 Å². The van der Waals surface area contributed by atoms with Crippen LogP contribution in [0.5, 0.6) is 5.75 Å². The van der Waals surface area contributed by atoms with E-state index in [4.69, 9.17) is 4.74 Å². The predicted octanol–water partition coefficient (Wildman–Crippen LogP) is 5.70. The van der Waals surface area contributed by atoms with Crippen LogP contribution in [0.25, 0.3) is 11.1 Å². The van der Waals surface area contributed by atoms with E-state index in [1.165, 1.54) is 0 Å². The Balaban J connectivity index is 1.91. The van der Waals surface area contributed by atoms with Crippen LogP contribution >= 0.6 is 15.9 Å². The Labute approximate surface area is 133 Å². The van der Waals surface area contributed by atoms with Gasteiger partial charge in [-0.1, -0.05) is 72.8 Å². The molecule has 0 aliphatic rings. The third-order valence-electron chi connectivity index (χ3n) is 3.28. The predicted molar refractivity (Wildman–Crippen MR) is 90.4 cm³/mol. The molecule has 3 aromatic carbocycles. The number of rotatable bonds is 4. The monoisotopic (exact) mass is 338 g/mol. The van der Waals surface area contributed by atoms with Gasteiger partial charge in [0.25, 0.3) is 0 Å². The lowest BCUT2D eigenvalue weighted by atomic mass is 10.0. The number of hydrogen-bond acceptors (Lipinski definition) is 1. The van der Waals surface area contributed by atoms with E-state index >= 15 is 0 Å². The van der Waals surface area contributed by atoms with E-state index in [1.54, 1.807) is 0 Å². The zero-order valence-corrected chi connectivity index (χ0v) is 13.1. The molecule has 0 fully saturated rings. The number of benzene rings is 3. The number of hydrogen-bond donors (Lipinski definition) is 0. The standard InChI is InChI=1S/C19H15BrO/c20-18-13-7-12-17(16-10-5-2-6-11-16)19(18)21-14-15-8-3-1-4-9-15/h1-13H,14H2. The number of halogens is 1. The second kappa shape index (κ2) is 6.59. The van der Waals surface area contributed by atoms with Gasteiger partial charge in [0.05, 0.1) is 4.47 Å². The third-order valence-corrected chi connectivity index (χ3v) is 3.90. The fourth-order valence-corrected chi connectivity index (χ4v) is 2.71. The first-order valence-corrected chi connectivity index (χ1v) is 7.64. The molecule has 0 unspecified atom stereocenters. The van der Waals surface area contributed by atoms with E-state index in [-0.39, 0.29) is 0 Å². The molecule has 0 radical (unpaired) electrons. The third kappa shape index (κ3) is 3.34. The molecule has 0 bridgehead atoms. The van der Waals surface area contributed by atoms with Crippen molar-refractivity contribution in [2.45, 2.75) is 6.61 Å². The molecule has 0 aliphatic heterocycles. The van der Waals surface area contributed by atoms with Gasteiger partial charge in [-0.2, -0.15) is 0 Å². The first-order valence-electron chi connectivity index (χ1n) is 6.85. The van der Waals surface area contributed by atoms with Crippen LogP contribution in [0.15, 0.2) is 83.3 Å². The van der Waals surface area contributed by atoms with Gasteiger partial charge in [0.15, 0.2) is 0 Å². The molecule has 0 saturated heterocycles. The Morgan fingerprint density at radius 1 is 0.714 bits per heavy atom. The van der Waals surface area contributed by atoms with Crippen LogP contribution in [0.3, 0.4) is 0 Å². The molecule has 0 aromatic heterocycles. The summed E-state index contributed by atoms with van der Waals surface area (Å²) in [5, 5.41) is 0. The van der Waals surface area contributed by atoms with E-state index in [9.17, 15) is 0 Å². The normalized spacial score (nSPS) is 10.3. The number of ether oxygens (including phenoxy) is 1. The highest BCUT2D eigenvalue weighted by Gasteiger charge is 2.10. The molecular weight excluding hydrogens is 324 g/mol. The van der Waals surface area contributed by atoms with Crippen molar-refractivity contribution in [1.29, 1.82) is 0 Å². The van der Waals surface area contributed by atoms with Gasteiger partial charge in [-0.05, 0) is 33.1 Å². The highest BCUT2D eigenvalue weighted by Crippen LogP contribution is 2.36. The van der Waals surface area contributed by atoms with Crippen LogP contribution in [0, 0.1) is 0 Å². The van der Waals surface area contributed by atoms with Gasteiger partial charge >= 0.3 is 0 Å². The molecule has 0 N–H and O–H groups in total. The lowest BCUT2D eigenvalue weighted by Gasteiger charge is -2.13. The molecule has 0 spiro atoms. The van der Waals surface area contributed by atoms with Crippen LogP contribution in [0.1, 0.15) is 5.56 Å². The topological polar surface area (TPSA) is 9.23 Å². The van der Waals surface area contributed by atoms with E-state index in [1.807, 2.05) is 48.5 Å². The van der Waals surface area contributed by atoms with Gasteiger partial charge < -0.3 is 4.74 Å². The molecule has 3 rings (SSSR count). The molecule has 2 heteroatoms. The minimum absolute atomic E-state index is 0.559. The molecule has 104 valence electrons. The fourth-order valence-electron chi connectivity index (χ4n) is 2.23. The highest BCUT2D eigenvalue weighted by molar-refractivity contribution is 9.10. The molecular formula is C19H15BrO. The first kappa shape index (κ1) is 13.9. The van der Waals surface area contributed by atoms with Gasteiger partial charge in [-0.3, -0.25) is 0 Å². The van der Waals surface area contributed by atoms with Crippen molar-refractivity contribution in [3.05, 3.63) is 88.9 Å². The molecule has 0 atom stereocenters. The van der Waals surface area contributed by atoms with Crippen molar-refractivity contribution in [2.75, 3.05) is 0 Å². The average molecular weight is 339 g/mol. The van der Waals surface area contributed by atoms with Gasteiger partial charge in [-0.15, -0.1) is 0 Å². The maximum atomic E-state index is 6.06. The van der Waals surface area contributed by atoms with Crippen LogP contribution in [0.4, 0.5) is 0 Å². The Hall–Kier alpha value is -2.06. The van der Waals surface area contributed by atoms with Crippen LogP contribution < -0.4 is 4.74 Å². The van der Waals surface area contributed by atoms with E-state index in [0.29, 0.717) is 6.61 Å². The van der Waals surface area contributed by atoms with Crippen molar-refractivity contribution in [1.82, 2.24) is 0 Å². The van der Waals surface area contributed by atoms with Crippen molar-refractivity contribution in [3.63, 3.8) is 0 Å². The van der Waals surface area contributed by atoms with E-state index in [0.717, 1.165) is 26.9 Å². The first-order chi connectivity index (χ1) is 10.3. The Kier molecular flexibility index (Phi) is 4.37. The zero-order chi connectivity index (χ0) is 14.5. The summed E-state index contributed by atoms with van der Waals surface area (Å²) < 4.78 is 7.03. The van der Waals surface area contributed by atoms with E-state index < -0.39 is 0 Å². The van der Waals surface area contributed by atoms with Gasteiger partial charge in [0.1, 0.15) is 12.4 Å². The smallest absolute Gasteiger partial charge is 0.141 e. The van der Waals surface area contributed by atoms with Gasteiger partial charge in [-0.25, -0.2) is 0 Å². The van der Waals surface area contributed by atoms with Crippen molar-refractivity contribution >= 4 is 15.9 Å². The second-order valence-corrected chi connectivity index (χ2v) is 5.61. The number of para-hydroxylation sites is 1. The highest BCUT2D eigenvalue weighted by atomic mass is 79.9. The van der Waals surface area contributed by atoms with Gasteiger partial charge in [0.2, 0.25) is 0 Å². The fraction of sp³-hybridized carbons (Fsp3) is 0.0526. The van der Waals surface area contributed by atoms with Gasteiger partial charge in [0, 0.05) is 5.56 Å². The SMILES string of the molecule is Brc1cccc(-c2ccccc2)c1OCc1ccccc1. The Morgan fingerprint density at radius 3 is 2.10 bits per heavy atom.